The molecule has 3 rings (SSSR count). The van der Waals surface area contributed by atoms with Crippen LogP contribution in [0.5, 0.6) is 0 Å². The standard InChI is InChI=1S/C15H15N3O/c1-9-4-6-12(7-5-9)18-13-8-10(2)16-15(19)14(13)11(3)17-18/h4-8H,1-3H3,(H,16,19). The summed E-state index contributed by atoms with van der Waals surface area (Å²) in [5.41, 5.74) is 4.52. The minimum absolute atomic E-state index is 0.0779. The Kier molecular flexibility index (Phi) is 2.52. The molecule has 0 amide bonds. The van der Waals surface area contributed by atoms with Gasteiger partial charge in [0.05, 0.1) is 22.3 Å². The van der Waals surface area contributed by atoms with E-state index < -0.39 is 0 Å². The molecule has 0 saturated carbocycles. The van der Waals surface area contributed by atoms with Crippen LogP contribution < -0.4 is 5.56 Å². The zero-order valence-corrected chi connectivity index (χ0v) is 11.2. The summed E-state index contributed by atoms with van der Waals surface area (Å²) >= 11 is 0. The zero-order valence-electron chi connectivity index (χ0n) is 11.2. The minimum atomic E-state index is -0.0779. The van der Waals surface area contributed by atoms with E-state index in [-0.39, 0.29) is 5.56 Å². The summed E-state index contributed by atoms with van der Waals surface area (Å²) in [6.07, 6.45) is 0. The Morgan fingerprint density at radius 1 is 1.11 bits per heavy atom. The maximum atomic E-state index is 12.0. The predicted octanol–water partition coefficient (Wildman–Crippen LogP) is 2.64. The van der Waals surface area contributed by atoms with Gasteiger partial charge in [0.2, 0.25) is 0 Å². The molecule has 1 aromatic carbocycles. The van der Waals surface area contributed by atoms with E-state index in [1.54, 1.807) is 0 Å². The number of fused-ring (bicyclic) bond motifs is 1. The molecule has 0 radical (unpaired) electrons. The predicted molar refractivity (Wildman–Crippen MR) is 75.9 cm³/mol. The molecule has 0 atom stereocenters. The molecule has 0 aliphatic heterocycles. The number of aryl methyl sites for hydroxylation is 3. The molecule has 0 fully saturated rings. The summed E-state index contributed by atoms with van der Waals surface area (Å²) in [6.45, 7) is 5.78. The van der Waals surface area contributed by atoms with Crippen molar-refractivity contribution in [2.24, 2.45) is 0 Å². The van der Waals surface area contributed by atoms with Gasteiger partial charge in [-0.05, 0) is 39.0 Å². The molecule has 0 spiro atoms. The highest BCUT2D eigenvalue weighted by molar-refractivity contribution is 5.82. The highest BCUT2D eigenvalue weighted by atomic mass is 16.1. The van der Waals surface area contributed by atoms with Crippen molar-refractivity contribution in [3.8, 4) is 5.69 Å². The molecule has 0 bridgehead atoms. The first kappa shape index (κ1) is 11.7. The monoisotopic (exact) mass is 253 g/mol. The van der Waals surface area contributed by atoms with Crippen LogP contribution in [0.2, 0.25) is 0 Å². The lowest BCUT2D eigenvalue weighted by Gasteiger charge is -2.04. The van der Waals surface area contributed by atoms with E-state index >= 15 is 0 Å². The first-order chi connectivity index (χ1) is 9.06. The topological polar surface area (TPSA) is 50.7 Å². The fraction of sp³-hybridized carbons (Fsp3) is 0.200. The maximum absolute atomic E-state index is 12.0. The van der Waals surface area contributed by atoms with Crippen molar-refractivity contribution in [2.75, 3.05) is 0 Å². The van der Waals surface area contributed by atoms with Crippen molar-refractivity contribution in [1.29, 1.82) is 0 Å². The number of pyridine rings is 1. The Labute approximate surface area is 110 Å². The quantitative estimate of drug-likeness (QED) is 0.724. The number of hydrogen-bond acceptors (Lipinski definition) is 2. The molecule has 2 heterocycles. The second kappa shape index (κ2) is 4.09. The molecular weight excluding hydrogens is 238 g/mol. The molecule has 4 nitrogen and oxygen atoms in total. The Balaban J connectivity index is 2.36. The first-order valence-electron chi connectivity index (χ1n) is 6.22. The van der Waals surface area contributed by atoms with Crippen molar-refractivity contribution in [1.82, 2.24) is 14.8 Å². The molecule has 0 saturated heterocycles. The third-order valence-corrected chi connectivity index (χ3v) is 3.27. The average molecular weight is 253 g/mol. The number of nitrogens with one attached hydrogen (secondary N) is 1. The van der Waals surface area contributed by atoms with Crippen molar-refractivity contribution in [3.05, 3.63) is 57.6 Å². The number of aromatic amines is 1. The van der Waals surface area contributed by atoms with Crippen LogP contribution >= 0.6 is 0 Å². The number of aromatic nitrogens is 3. The first-order valence-corrected chi connectivity index (χ1v) is 6.22. The summed E-state index contributed by atoms with van der Waals surface area (Å²) in [6, 6.07) is 10.1. The molecule has 1 N–H and O–H groups in total. The van der Waals surface area contributed by atoms with Gasteiger partial charge in [-0.2, -0.15) is 5.10 Å². The second-order valence-electron chi connectivity index (χ2n) is 4.87. The fourth-order valence-electron chi connectivity index (χ4n) is 2.32. The minimum Gasteiger partial charge on any atom is -0.326 e. The number of nitrogens with zero attached hydrogens (tertiary/aromatic N) is 2. The Morgan fingerprint density at radius 3 is 2.47 bits per heavy atom. The third kappa shape index (κ3) is 1.85. The third-order valence-electron chi connectivity index (χ3n) is 3.27. The molecule has 4 heteroatoms. The van der Waals surface area contributed by atoms with Gasteiger partial charge in [-0.25, -0.2) is 4.68 Å². The highest BCUT2D eigenvalue weighted by Gasteiger charge is 2.12. The van der Waals surface area contributed by atoms with Crippen LogP contribution in [0, 0.1) is 20.8 Å². The number of hydrogen-bond donors (Lipinski definition) is 1. The van der Waals surface area contributed by atoms with Crippen LogP contribution in [0.4, 0.5) is 0 Å². The van der Waals surface area contributed by atoms with E-state index in [4.69, 9.17) is 0 Å². The summed E-state index contributed by atoms with van der Waals surface area (Å²) < 4.78 is 1.83. The van der Waals surface area contributed by atoms with Crippen molar-refractivity contribution < 1.29 is 0 Å². The van der Waals surface area contributed by atoms with Crippen LogP contribution in [-0.4, -0.2) is 14.8 Å². The average Bonchev–Trinajstić information content (AvgIpc) is 2.67. The number of rotatable bonds is 1. The van der Waals surface area contributed by atoms with Gasteiger partial charge in [-0.3, -0.25) is 4.79 Å². The molecule has 3 aromatic rings. The lowest BCUT2D eigenvalue weighted by atomic mass is 10.2. The van der Waals surface area contributed by atoms with Gasteiger partial charge >= 0.3 is 0 Å². The fourth-order valence-corrected chi connectivity index (χ4v) is 2.32. The Bertz CT molecular complexity index is 810. The van der Waals surface area contributed by atoms with Gasteiger partial charge in [-0.15, -0.1) is 0 Å². The van der Waals surface area contributed by atoms with Gasteiger partial charge in [0.25, 0.3) is 5.56 Å². The van der Waals surface area contributed by atoms with E-state index in [0.717, 1.165) is 22.6 Å². The van der Waals surface area contributed by atoms with Gasteiger partial charge in [-0.1, -0.05) is 17.7 Å². The molecule has 0 unspecified atom stereocenters. The smallest absolute Gasteiger partial charge is 0.259 e. The van der Waals surface area contributed by atoms with Gasteiger partial charge in [0.1, 0.15) is 0 Å². The second-order valence-corrected chi connectivity index (χ2v) is 4.87. The molecule has 96 valence electrons. The van der Waals surface area contributed by atoms with E-state index in [1.165, 1.54) is 5.56 Å². The van der Waals surface area contributed by atoms with Crippen LogP contribution in [0.25, 0.3) is 16.6 Å². The number of H-pyrrole nitrogens is 1. The van der Waals surface area contributed by atoms with E-state index in [9.17, 15) is 4.79 Å². The molecule has 0 aliphatic rings. The van der Waals surface area contributed by atoms with Crippen LogP contribution in [0.1, 0.15) is 17.0 Å². The lowest BCUT2D eigenvalue weighted by Crippen LogP contribution is -2.07. The van der Waals surface area contributed by atoms with Crippen LogP contribution in [0.15, 0.2) is 35.1 Å². The van der Waals surface area contributed by atoms with E-state index in [1.807, 2.05) is 55.8 Å². The van der Waals surface area contributed by atoms with Gasteiger partial charge < -0.3 is 4.98 Å². The highest BCUT2D eigenvalue weighted by Crippen LogP contribution is 2.19. The van der Waals surface area contributed by atoms with Crippen LogP contribution in [0.3, 0.4) is 0 Å². The van der Waals surface area contributed by atoms with Gasteiger partial charge in [0.15, 0.2) is 0 Å². The zero-order chi connectivity index (χ0) is 13.6. The summed E-state index contributed by atoms with van der Waals surface area (Å²) in [5.74, 6) is 0. The van der Waals surface area contributed by atoms with Crippen molar-refractivity contribution in [3.63, 3.8) is 0 Å². The largest absolute Gasteiger partial charge is 0.326 e. The lowest BCUT2D eigenvalue weighted by molar-refractivity contribution is 0.888. The van der Waals surface area contributed by atoms with Crippen molar-refractivity contribution in [2.45, 2.75) is 20.8 Å². The Hall–Kier alpha value is -2.36. The maximum Gasteiger partial charge on any atom is 0.259 e. The summed E-state index contributed by atoms with van der Waals surface area (Å²) in [5, 5.41) is 5.15. The van der Waals surface area contributed by atoms with Crippen molar-refractivity contribution >= 4 is 10.9 Å². The SMILES string of the molecule is Cc1ccc(-n2nc(C)c3c(=O)[nH]c(C)cc32)cc1. The van der Waals surface area contributed by atoms with Gasteiger partial charge in [0, 0.05) is 5.69 Å². The van der Waals surface area contributed by atoms with Crippen LogP contribution in [-0.2, 0) is 0 Å². The Morgan fingerprint density at radius 2 is 1.79 bits per heavy atom. The molecule has 19 heavy (non-hydrogen) atoms. The van der Waals surface area contributed by atoms with E-state index in [0.29, 0.717) is 5.39 Å². The number of benzene rings is 1. The normalized spacial score (nSPS) is 11.1. The molecule has 2 aromatic heterocycles. The molecule has 0 aliphatic carbocycles. The van der Waals surface area contributed by atoms with E-state index in [2.05, 4.69) is 10.1 Å². The summed E-state index contributed by atoms with van der Waals surface area (Å²) in [4.78, 5) is 14.8. The molecular formula is C15H15N3O. The summed E-state index contributed by atoms with van der Waals surface area (Å²) in [7, 11) is 0.